The SMILES string of the molecule is COCCn1c(=NC(=O)C2CCCN(S(=O)(=O)c3ccc(Cl)s3)C2)sc2cc(Br)ccc21. The molecule has 1 saturated heterocycles. The Morgan fingerprint density at radius 2 is 2.12 bits per heavy atom. The highest BCUT2D eigenvalue weighted by atomic mass is 79.9. The molecule has 0 aliphatic carbocycles. The zero-order chi connectivity index (χ0) is 22.9. The van der Waals surface area contributed by atoms with Gasteiger partial charge in [-0.3, -0.25) is 4.79 Å². The molecule has 1 atom stereocenters. The van der Waals surface area contributed by atoms with E-state index in [1.54, 1.807) is 13.2 Å². The summed E-state index contributed by atoms with van der Waals surface area (Å²) in [5.74, 6) is -0.785. The van der Waals surface area contributed by atoms with E-state index in [1.807, 2.05) is 22.8 Å². The Bertz CT molecular complexity index is 1320. The van der Waals surface area contributed by atoms with Crippen molar-refractivity contribution >= 4 is 76.4 Å². The number of methoxy groups -OCH3 is 1. The standard InChI is InChI=1S/C20H21BrClN3O4S3/c1-29-10-9-25-15-5-4-14(21)11-16(15)30-20(25)23-19(26)13-3-2-8-24(12-13)32(27,28)18-7-6-17(22)31-18/h4-7,11,13H,2-3,8-10,12H2,1H3. The van der Waals surface area contributed by atoms with Crippen LogP contribution in [0.2, 0.25) is 4.34 Å². The lowest BCUT2D eigenvalue weighted by Gasteiger charge is -2.29. The zero-order valence-corrected chi connectivity index (χ0v) is 22.0. The molecule has 1 fully saturated rings. The summed E-state index contributed by atoms with van der Waals surface area (Å²) in [7, 11) is -2.05. The molecular formula is C20H21BrClN3O4S3. The van der Waals surface area contributed by atoms with Gasteiger partial charge in [-0.15, -0.1) is 11.3 Å². The Morgan fingerprint density at radius 3 is 2.84 bits per heavy atom. The Hall–Kier alpha value is -1.08. The van der Waals surface area contributed by atoms with E-state index < -0.39 is 15.9 Å². The van der Waals surface area contributed by atoms with Gasteiger partial charge in [0.1, 0.15) is 4.21 Å². The first kappa shape index (κ1) is 24.1. The van der Waals surface area contributed by atoms with E-state index in [4.69, 9.17) is 16.3 Å². The first-order valence-electron chi connectivity index (χ1n) is 9.91. The number of benzene rings is 1. The molecule has 172 valence electrons. The highest BCUT2D eigenvalue weighted by molar-refractivity contribution is 9.10. The Balaban J connectivity index is 1.62. The molecule has 1 aliphatic rings. The minimum atomic E-state index is -3.68. The molecule has 0 radical (unpaired) electrons. The molecule has 1 unspecified atom stereocenters. The Morgan fingerprint density at radius 1 is 1.31 bits per heavy atom. The zero-order valence-electron chi connectivity index (χ0n) is 17.2. The molecule has 1 aliphatic heterocycles. The summed E-state index contributed by atoms with van der Waals surface area (Å²) in [6.45, 7) is 1.55. The van der Waals surface area contributed by atoms with Crippen molar-refractivity contribution in [3.8, 4) is 0 Å². The number of thiazole rings is 1. The number of fused-ring (bicyclic) bond motifs is 1. The molecule has 32 heavy (non-hydrogen) atoms. The normalized spacial score (nSPS) is 18.5. The lowest BCUT2D eigenvalue weighted by molar-refractivity contribution is -0.122. The Labute approximate surface area is 207 Å². The molecule has 7 nitrogen and oxygen atoms in total. The smallest absolute Gasteiger partial charge is 0.252 e. The summed E-state index contributed by atoms with van der Waals surface area (Å²) < 4.78 is 37.1. The summed E-state index contributed by atoms with van der Waals surface area (Å²) in [6.07, 6.45) is 1.21. The maximum absolute atomic E-state index is 13.1. The van der Waals surface area contributed by atoms with Crippen molar-refractivity contribution in [3.05, 3.63) is 43.9 Å². The number of rotatable bonds is 6. The van der Waals surface area contributed by atoms with Gasteiger partial charge in [-0.1, -0.05) is 38.9 Å². The number of nitrogens with zero attached hydrogens (tertiary/aromatic N) is 3. The van der Waals surface area contributed by atoms with Crippen molar-refractivity contribution in [3.63, 3.8) is 0 Å². The number of ether oxygens (including phenoxy) is 1. The first-order chi connectivity index (χ1) is 15.3. The maximum Gasteiger partial charge on any atom is 0.252 e. The van der Waals surface area contributed by atoms with Gasteiger partial charge in [0.25, 0.3) is 15.9 Å². The van der Waals surface area contributed by atoms with Crippen LogP contribution in [0.5, 0.6) is 0 Å². The van der Waals surface area contributed by atoms with Crippen LogP contribution >= 0.6 is 50.2 Å². The predicted molar refractivity (Wildman–Crippen MR) is 131 cm³/mol. The molecule has 12 heteroatoms. The van der Waals surface area contributed by atoms with Crippen LogP contribution in [0.3, 0.4) is 0 Å². The summed E-state index contributed by atoms with van der Waals surface area (Å²) >= 11 is 11.9. The van der Waals surface area contributed by atoms with Crippen molar-refractivity contribution in [1.82, 2.24) is 8.87 Å². The van der Waals surface area contributed by atoms with Gasteiger partial charge in [0, 0.05) is 31.2 Å². The van der Waals surface area contributed by atoms with Gasteiger partial charge in [0.05, 0.1) is 27.1 Å². The van der Waals surface area contributed by atoms with Crippen LogP contribution in [0.15, 0.2) is 44.0 Å². The summed E-state index contributed by atoms with van der Waals surface area (Å²) in [6, 6.07) is 9.00. The fraction of sp³-hybridized carbons (Fsp3) is 0.400. The van der Waals surface area contributed by atoms with Gasteiger partial charge < -0.3 is 9.30 Å². The number of hydrogen-bond acceptors (Lipinski definition) is 6. The van der Waals surface area contributed by atoms with Crippen LogP contribution < -0.4 is 4.80 Å². The van der Waals surface area contributed by atoms with Crippen LogP contribution in [-0.2, 0) is 26.1 Å². The number of thiophene rings is 1. The van der Waals surface area contributed by atoms with Gasteiger partial charge in [-0.05, 0) is 43.2 Å². The quantitative estimate of drug-likeness (QED) is 0.435. The van der Waals surface area contributed by atoms with Crippen LogP contribution in [0, 0.1) is 5.92 Å². The number of hydrogen-bond donors (Lipinski definition) is 0. The molecular weight excluding hydrogens is 558 g/mol. The predicted octanol–water partition coefficient (Wildman–Crippen LogP) is 4.35. The third kappa shape index (κ3) is 5.03. The van der Waals surface area contributed by atoms with Gasteiger partial charge >= 0.3 is 0 Å². The van der Waals surface area contributed by atoms with Crippen LogP contribution in [-0.4, -0.2) is 50.0 Å². The van der Waals surface area contributed by atoms with Crippen LogP contribution in [0.4, 0.5) is 0 Å². The number of sulfonamides is 1. The number of halogens is 2. The van der Waals surface area contributed by atoms with Crippen molar-refractivity contribution in [2.75, 3.05) is 26.8 Å². The molecule has 3 aromatic rings. The molecule has 0 bridgehead atoms. The van der Waals surface area contributed by atoms with Crippen molar-refractivity contribution in [2.24, 2.45) is 10.9 Å². The average molecular weight is 579 g/mol. The van der Waals surface area contributed by atoms with E-state index in [1.165, 1.54) is 21.7 Å². The van der Waals surface area contributed by atoms with E-state index in [0.717, 1.165) is 26.0 Å². The third-order valence-electron chi connectivity index (χ3n) is 5.25. The maximum atomic E-state index is 13.1. The van der Waals surface area contributed by atoms with Crippen LogP contribution in [0.25, 0.3) is 10.2 Å². The molecule has 1 aromatic carbocycles. The van der Waals surface area contributed by atoms with Crippen molar-refractivity contribution in [1.29, 1.82) is 0 Å². The second-order valence-corrected chi connectivity index (χ2v) is 13.2. The van der Waals surface area contributed by atoms with E-state index in [2.05, 4.69) is 20.9 Å². The van der Waals surface area contributed by atoms with Gasteiger partial charge in [0.2, 0.25) is 0 Å². The Kier molecular flexibility index (Phi) is 7.55. The largest absolute Gasteiger partial charge is 0.383 e. The summed E-state index contributed by atoms with van der Waals surface area (Å²) in [4.78, 5) is 18.1. The van der Waals surface area contributed by atoms with Gasteiger partial charge in [0.15, 0.2) is 4.80 Å². The van der Waals surface area contributed by atoms with E-state index >= 15 is 0 Å². The van der Waals surface area contributed by atoms with Gasteiger partial charge in [-0.25, -0.2) is 8.42 Å². The van der Waals surface area contributed by atoms with Crippen molar-refractivity contribution < 1.29 is 17.9 Å². The first-order valence-corrected chi connectivity index (χ1v) is 14.2. The minimum absolute atomic E-state index is 0.120. The molecule has 0 N–H and O–H groups in total. The molecule has 3 heterocycles. The number of piperidine rings is 1. The topological polar surface area (TPSA) is 81.0 Å². The number of aromatic nitrogens is 1. The summed E-state index contributed by atoms with van der Waals surface area (Å²) in [5, 5.41) is 0. The number of carbonyl (C=O) groups excluding carboxylic acids is 1. The van der Waals surface area contributed by atoms with Gasteiger partial charge in [-0.2, -0.15) is 9.30 Å². The molecule has 0 spiro atoms. The fourth-order valence-electron chi connectivity index (χ4n) is 3.64. The van der Waals surface area contributed by atoms with E-state index in [0.29, 0.717) is 41.7 Å². The lowest BCUT2D eigenvalue weighted by Crippen LogP contribution is -2.42. The molecule has 2 aromatic heterocycles. The minimum Gasteiger partial charge on any atom is -0.383 e. The number of amides is 1. The van der Waals surface area contributed by atoms with E-state index in [-0.39, 0.29) is 16.7 Å². The monoisotopic (exact) mass is 577 g/mol. The van der Waals surface area contributed by atoms with Crippen LogP contribution in [0.1, 0.15) is 12.8 Å². The second-order valence-electron chi connectivity index (χ2n) is 7.35. The average Bonchev–Trinajstić information content (AvgIpc) is 3.35. The second kappa shape index (κ2) is 10.0. The lowest BCUT2D eigenvalue weighted by atomic mass is 9.99. The highest BCUT2D eigenvalue weighted by Gasteiger charge is 2.34. The molecule has 1 amide bonds. The fourth-order valence-corrected chi connectivity index (χ4v) is 8.42. The number of carbonyl (C=O) groups is 1. The highest BCUT2D eigenvalue weighted by Crippen LogP contribution is 2.31. The molecule has 0 saturated carbocycles. The summed E-state index contributed by atoms with van der Waals surface area (Å²) in [5.41, 5.74) is 0.976. The van der Waals surface area contributed by atoms with E-state index in [9.17, 15) is 13.2 Å². The molecule has 4 rings (SSSR count). The van der Waals surface area contributed by atoms with Crippen molar-refractivity contribution in [2.45, 2.75) is 23.6 Å². The third-order valence-corrected chi connectivity index (χ3v) is 10.3.